The second-order valence-corrected chi connectivity index (χ2v) is 8.02. The summed E-state index contributed by atoms with van der Waals surface area (Å²) < 4.78 is 13.3. The molecule has 1 fully saturated rings. The number of Topliss-reactive ketones (excluding diaryl/α,β-unsaturated/α-hetero) is 1. The summed E-state index contributed by atoms with van der Waals surface area (Å²) in [4.78, 5) is 25.0. The van der Waals surface area contributed by atoms with Crippen LogP contribution in [0.2, 0.25) is 0 Å². The molecule has 3 N–H and O–H groups in total. The van der Waals surface area contributed by atoms with Crippen molar-refractivity contribution in [1.29, 1.82) is 0 Å². The predicted octanol–water partition coefficient (Wildman–Crippen LogP) is 4.45. The largest absolute Gasteiger partial charge is 0.480 e. The average molecular weight is 397 g/mol. The minimum atomic E-state index is -1.48. The van der Waals surface area contributed by atoms with Crippen molar-refractivity contribution in [2.75, 3.05) is 0 Å². The maximum atomic E-state index is 13.3. The number of aryl methyl sites for hydroxylation is 1. The van der Waals surface area contributed by atoms with E-state index in [4.69, 9.17) is 5.73 Å². The fourth-order valence-electron chi connectivity index (χ4n) is 4.53. The molecule has 2 aromatic carbocycles. The monoisotopic (exact) mass is 397 g/mol. The Morgan fingerprint density at radius 2 is 1.86 bits per heavy atom. The molecule has 0 saturated heterocycles. The summed E-state index contributed by atoms with van der Waals surface area (Å²) in [7, 11) is 0. The van der Waals surface area contributed by atoms with Crippen molar-refractivity contribution in [2.45, 2.75) is 57.9 Å². The number of aliphatic carboxylic acids is 1. The highest BCUT2D eigenvalue weighted by atomic mass is 19.1. The van der Waals surface area contributed by atoms with Crippen molar-refractivity contribution in [3.05, 3.63) is 58.9 Å². The second kappa shape index (κ2) is 8.46. The Bertz CT molecular complexity index is 922. The number of ketones is 1. The fraction of sp³-hybridized carbons (Fsp3) is 0.417. The molecule has 2 aromatic rings. The lowest BCUT2D eigenvalue weighted by Gasteiger charge is -2.36. The Hall–Kier alpha value is -2.53. The first-order chi connectivity index (χ1) is 13.8. The second-order valence-electron chi connectivity index (χ2n) is 8.02. The van der Waals surface area contributed by atoms with Gasteiger partial charge in [-0.25, -0.2) is 4.39 Å². The van der Waals surface area contributed by atoms with Crippen LogP contribution in [0.25, 0.3) is 11.1 Å². The van der Waals surface area contributed by atoms with Gasteiger partial charge in [0.2, 0.25) is 0 Å². The van der Waals surface area contributed by atoms with Gasteiger partial charge < -0.3 is 10.8 Å². The molecule has 1 aliphatic carbocycles. The number of hydrogen-bond acceptors (Lipinski definition) is 3. The van der Waals surface area contributed by atoms with E-state index in [-0.39, 0.29) is 18.0 Å². The number of hydrogen-bond donors (Lipinski definition) is 2. The van der Waals surface area contributed by atoms with Crippen LogP contribution in [-0.4, -0.2) is 22.4 Å². The zero-order valence-electron chi connectivity index (χ0n) is 17.0. The third-order valence-electron chi connectivity index (χ3n) is 6.32. The lowest BCUT2D eigenvalue weighted by atomic mass is 9.70. The number of carboxylic acids is 1. The fourth-order valence-corrected chi connectivity index (χ4v) is 4.53. The van der Waals surface area contributed by atoms with Crippen molar-refractivity contribution in [1.82, 2.24) is 0 Å². The van der Waals surface area contributed by atoms with Crippen LogP contribution in [0.3, 0.4) is 0 Å². The highest BCUT2D eigenvalue weighted by Gasteiger charge is 2.47. The third-order valence-corrected chi connectivity index (χ3v) is 6.32. The SMILES string of the molecule is CCc1ccc(-c2ccc(F)cc2)c(C)c1CC(=O)C1CCCCC1(N)C(=O)O. The van der Waals surface area contributed by atoms with E-state index in [2.05, 4.69) is 0 Å². The molecule has 29 heavy (non-hydrogen) atoms. The van der Waals surface area contributed by atoms with E-state index in [1.54, 1.807) is 12.1 Å². The first-order valence-electron chi connectivity index (χ1n) is 10.2. The number of carboxylic acid groups (broad SMARTS) is 1. The molecule has 0 spiro atoms. The lowest BCUT2D eigenvalue weighted by molar-refractivity contribution is -0.150. The Morgan fingerprint density at radius 1 is 1.17 bits per heavy atom. The molecule has 1 aliphatic rings. The van der Waals surface area contributed by atoms with E-state index in [0.717, 1.165) is 47.1 Å². The van der Waals surface area contributed by atoms with Gasteiger partial charge in [0, 0.05) is 12.3 Å². The first kappa shape index (κ1) is 21.2. The normalized spacial score (nSPS) is 21.7. The van der Waals surface area contributed by atoms with Gasteiger partial charge in [-0.3, -0.25) is 9.59 Å². The Labute approximate surface area is 170 Å². The molecule has 5 heteroatoms. The number of carbonyl (C=O) groups is 2. The minimum absolute atomic E-state index is 0.108. The molecule has 2 unspecified atom stereocenters. The smallest absolute Gasteiger partial charge is 0.324 e. The minimum Gasteiger partial charge on any atom is -0.480 e. The molecule has 0 heterocycles. The number of rotatable bonds is 6. The Kier molecular flexibility index (Phi) is 6.18. The average Bonchev–Trinajstić information content (AvgIpc) is 2.70. The van der Waals surface area contributed by atoms with Crippen LogP contribution in [0.4, 0.5) is 4.39 Å². The molecule has 0 radical (unpaired) electrons. The maximum Gasteiger partial charge on any atom is 0.324 e. The predicted molar refractivity (Wildman–Crippen MR) is 111 cm³/mol. The summed E-state index contributed by atoms with van der Waals surface area (Å²) >= 11 is 0. The summed E-state index contributed by atoms with van der Waals surface area (Å²) in [5.41, 5.74) is 9.51. The van der Waals surface area contributed by atoms with E-state index >= 15 is 0 Å². The van der Waals surface area contributed by atoms with Gasteiger partial charge in [0.25, 0.3) is 0 Å². The molecule has 4 nitrogen and oxygen atoms in total. The van der Waals surface area contributed by atoms with Gasteiger partial charge in [0.1, 0.15) is 17.1 Å². The summed E-state index contributed by atoms with van der Waals surface area (Å²) in [5, 5.41) is 9.65. The standard InChI is InChI=1S/C24H28FNO3/c1-3-16-9-12-19(17-7-10-18(25)11-8-17)15(2)20(16)14-22(27)21-6-4-5-13-24(21,26)23(28)29/h7-12,21H,3-6,13-14,26H2,1-2H3,(H,28,29). The van der Waals surface area contributed by atoms with Crippen LogP contribution < -0.4 is 5.73 Å². The first-order valence-corrected chi connectivity index (χ1v) is 10.2. The van der Waals surface area contributed by atoms with Crippen molar-refractivity contribution >= 4 is 11.8 Å². The number of halogens is 1. The van der Waals surface area contributed by atoms with E-state index in [1.807, 2.05) is 26.0 Å². The van der Waals surface area contributed by atoms with Crippen LogP contribution in [0.15, 0.2) is 36.4 Å². The van der Waals surface area contributed by atoms with E-state index in [0.29, 0.717) is 12.8 Å². The van der Waals surface area contributed by atoms with Crippen LogP contribution >= 0.6 is 0 Å². The maximum absolute atomic E-state index is 13.3. The molecule has 0 aliphatic heterocycles. The molecular formula is C24H28FNO3. The molecule has 154 valence electrons. The Balaban J connectivity index is 1.97. The van der Waals surface area contributed by atoms with Crippen LogP contribution in [-0.2, 0) is 22.4 Å². The van der Waals surface area contributed by atoms with Crippen molar-refractivity contribution in [2.24, 2.45) is 11.7 Å². The van der Waals surface area contributed by atoms with Crippen LogP contribution in [0.5, 0.6) is 0 Å². The van der Waals surface area contributed by atoms with Crippen molar-refractivity contribution in [3.63, 3.8) is 0 Å². The van der Waals surface area contributed by atoms with Gasteiger partial charge in [-0.1, -0.05) is 44.0 Å². The van der Waals surface area contributed by atoms with Gasteiger partial charge in [-0.05, 0) is 66.1 Å². The van der Waals surface area contributed by atoms with Crippen molar-refractivity contribution in [3.8, 4) is 11.1 Å². The molecule has 0 bridgehead atoms. The summed E-state index contributed by atoms with van der Waals surface area (Å²) in [6, 6.07) is 10.3. The van der Waals surface area contributed by atoms with E-state index in [9.17, 15) is 19.1 Å². The topological polar surface area (TPSA) is 80.4 Å². The van der Waals surface area contributed by atoms with Crippen LogP contribution in [0, 0.1) is 18.7 Å². The van der Waals surface area contributed by atoms with Gasteiger partial charge in [0.15, 0.2) is 0 Å². The van der Waals surface area contributed by atoms with E-state index < -0.39 is 17.4 Å². The number of benzene rings is 2. The van der Waals surface area contributed by atoms with Gasteiger partial charge >= 0.3 is 5.97 Å². The lowest BCUT2D eigenvalue weighted by Crippen LogP contribution is -2.58. The quantitative estimate of drug-likeness (QED) is 0.755. The molecular weight excluding hydrogens is 369 g/mol. The Morgan fingerprint density at radius 3 is 2.48 bits per heavy atom. The molecule has 1 saturated carbocycles. The van der Waals surface area contributed by atoms with Gasteiger partial charge in [-0.15, -0.1) is 0 Å². The molecule has 0 aromatic heterocycles. The summed E-state index contributed by atoms with van der Waals surface area (Å²) in [6.07, 6.45) is 3.32. The van der Waals surface area contributed by atoms with Gasteiger partial charge in [-0.2, -0.15) is 0 Å². The number of carbonyl (C=O) groups excluding carboxylic acids is 1. The zero-order chi connectivity index (χ0) is 21.2. The van der Waals surface area contributed by atoms with Crippen LogP contribution in [0.1, 0.15) is 49.3 Å². The molecule has 3 rings (SSSR count). The molecule has 0 amide bonds. The van der Waals surface area contributed by atoms with Crippen molar-refractivity contribution < 1.29 is 19.1 Å². The highest BCUT2D eigenvalue weighted by molar-refractivity contribution is 5.93. The van der Waals surface area contributed by atoms with Gasteiger partial charge in [0.05, 0.1) is 0 Å². The summed E-state index contributed by atoms with van der Waals surface area (Å²) in [6.45, 7) is 4.00. The third kappa shape index (κ3) is 4.10. The summed E-state index contributed by atoms with van der Waals surface area (Å²) in [5.74, 6) is -2.17. The number of nitrogens with two attached hydrogens (primary N) is 1. The zero-order valence-corrected chi connectivity index (χ0v) is 17.0. The highest BCUT2D eigenvalue weighted by Crippen LogP contribution is 2.35. The van der Waals surface area contributed by atoms with E-state index in [1.165, 1.54) is 12.1 Å². The molecule has 2 atom stereocenters.